The zero-order valence-electron chi connectivity index (χ0n) is 10.4. The van der Waals surface area contributed by atoms with Crippen LogP contribution in [-0.4, -0.2) is 22.2 Å². The summed E-state index contributed by atoms with van der Waals surface area (Å²) in [5.41, 5.74) is 0.0858. The second-order valence-corrected chi connectivity index (χ2v) is 4.54. The van der Waals surface area contributed by atoms with Crippen molar-refractivity contribution < 1.29 is 14.2 Å². The Kier molecular flexibility index (Phi) is 2.71. The summed E-state index contributed by atoms with van der Waals surface area (Å²) < 4.78 is 18.9. The van der Waals surface area contributed by atoms with Gasteiger partial charge in [-0.3, -0.25) is 4.98 Å². The maximum atomic E-state index is 13.8. The van der Waals surface area contributed by atoms with E-state index >= 15 is 0 Å². The molecule has 0 fully saturated rings. The molecule has 5 heteroatoms. The van der Waals surface area contributed by atoms with Crippen molar-refractivity contribution in [3.63, 3.8) is 0 Å². The van der Waals surface area contributed by atoms with Gasteiger partial charge in [0.25, 0.3) is 0 Å². The lowest BCUT2D eigenvalue weighted by Gasteiger charge is -2.24. The molecule has 1 aliphatic rings. The third kappa shape index (κ3) is 1.69. The van der Waals surface area contributed by atoms with Crippen LogP contribution >= 0.6 is 0 Å². The van der Waals surface area contributed by atoms with Crippen LogP contribution in [0.2, 0.25) is 0 Å². The number of nitrogens with zero attached hydrogens (tertiary/aromatic N) is 2. The standard InChI is InChI=1S/C14H13FN2O2/c1-19-13-12(16-7-8-17-13)14(18)6-5-9-10(14)3-2-4-11(9)15/h2-4,7-8,18H,5-6H2,1H3. The summed E-state index contributed by atoms with van der Waals surface area (Å²) in [6.45, 7) is 0. The number of ether oxygens (including phenoxy) is 1. The Morgan fingerprint density at radius 3 is 2.89 bits per heavy atom. The van der Waals surface area contributed by atoms with E-state index in [9.17, 15) is 9.50 Å². The molecule has 0 saturated carbocycles. The van der Waals surface area contributed by atoms with Crippen molar-refractivity contribution in [3.8, 4) is 5.88 Å². The number of halogens is 1. The van der Waals surface area contributed by atoms with Crippen LogP contribution in [-0.2, 0) is 12.0 Å². The summed E-state index contributed by atoms with van der Waals surface area (Å²) in [7, 11) is 1.47. The number of hydrogen-bond acceptors (Lipinski definition) is 4. The Morgan fingerprint density at radius 2 is 2.11 bits per heavy atom. The molecule has 0 spiro atoms. The Labute approximate surface area is 109 Å². The number of rotatable bonds is 2. The lowest BCUT2D eigenvalue weighted by Crippen LogP contribution is -2.26. The highest BCUT2D eigenvalue weighted by molar-refractivity contribution is 5.46. The first-order valence-corrected chi connectivity index (χ1v) is 6.02. The van der Waals surface area contributed by atoms with E-state index in [0.29, 0.717) is 29.7 Å². The molecule has 0 amide bonds. The third-order valence-electron chi connectivity index (χ3n) is 3.55. The summed E-state index contributed by atoms with van der Waals surface area (Å²) in [6.07, 6.45) is 3.83. The van der Waals surface area contributed by atoms with Gasteiger partial charge in [-0.1, -0.05) is 12.1 Å². The maximum absolute atomic E-state index is 13.8. The van der Waals surface area contributed by atoms with Crippen LogP contribution in [0, 0.1) is 5.82 Å². The fraction of sp³-hybridized carbons (Fsp3) is 0.286. The molecule has 1 aromatic heterocycles. The summed E-state index contributed by atoms with van der Waals surface area (Å²) in [4.78, 5) is 8.22. The number of hydrogen-bond donors (Lipinski definition) is 1. The molecule has 0 saturated heterocycles. The summed E-state index contributed by atoms with van der Waals surface area (Å²) in [6, 6.07) is 4.71. The average molecular weight is 260 g/mol. The first-order chi connectivity index (χ1) is 9.16. The van der Waals surface area contributed by atoms with Crippen molar-refractivity contribution >= 4 is 0 Å². The molecule has 2 aromatic rings. The van der Waals surface area contributed by atoms with E-state index in [2.05, 4.69) is 9.97 Å². The molecule has 19 heavy (non-hydrogen) atoms. The van der Waals surface area contributed by atoms with Crippen LogP contribution in [0.3, 0.4) is 0 Å². The van der Waals surface area contributed by atoms with Crippen molar-refractivity contribution in [1.29, 1.82) is 0 Å². The van der Waals surface area contributed by atoms with Gasteiger partial charge in [-0.05, 0) is 30.0 Å². The first-order valence-electron chi connectivity index (χ1n) is 6.02. The van der Waals surface area contributed by atoms with E-state index in [1.807, 2.05) is 0 Å². The quantitative estimate of drug-likeness (QED) is 0.894. The summed E-state index contributed by atoms with van der Waals surface area (Å²) >= 11 is 0. The van der Waals surface area contributed by atoms with Gasteiger partial charge in [-0.25, -0.2) is 9.37 Å². The second kappa shape index (κ2) is 4.28. The molecule has 1 heterocycles. The Bertz CT molecular complexity index is 633. The fourth-order valence-electron chi connectivity index (χ4n) is 2.65. The highest BCUT2D eigenvalue weighted by atomic mass is 19.1. The predicted octanol–water partition coefficient (Wildman–Crippen LogP) is 1.81. The zero-order valence-corrected chi connectivity index (χ0v) is 10.4. The lowest BCUT2D eigenvalue weighted by molar-refractivity contribution is 0.0742. The van der Waals surface area contributed by atoms with E-state index in [0.717, 1.165) is 0 Å². The normalized spacial score (nSPS) is 21.2. The smallest absolute Gasteiger partial charge is 0.238 e. The van der Waals surface area contributed by atoms with Crippen LogP contribution in [0.1, 0.15) is 23.2 Å². The molecule has 1 aliphatic carbocycles. The predicted molar refractivity (Wildman–Crippen MR) is 66.3 cm³/mol. The second-order valence-electron chi connectivity index (χ2n) is 4.54. The molecule has 1 unspecified atom stereocenters. The van der Waals surface area contributed by atoms with Crippen LogP contribution in [0.5, 0.6) is 5.88 Å². The van der Waals surface area contributed by atoms with Crippen LogP contribution in [0.4, 0.5) is 4.39 Å². The zero-order chi connectivity index (χ0) is 13.5. The molecule has 0 radical (unpaired) electrons. The molecular formula is C14H13FN2O2. The molecule has 4 nitrogen and oxygen atoms in total. The van der Waals surface area contributed by atoms with Gasteiger partial charge >= 0.3 is 0 Å². The Balaban J connectivity index is 2.19. The van der Waals surface area contributed by atoms with Gasteiger partial charge in [0.15, 0.2) is 0 Å². The molecule has 0 bridgehead atoms. The van der Waals surface area contributed by atoms with E-state index in [4.69, 9.17) is 4.74 Å². The number of aromatic nitrogens is 2. The van der Waals surface area contributed by atoms with Gasteiger partial charge in [0.1, 0.15) is 17.1 Å². The van der Waals surface area contributed by atoms with Crippen LogP contribution < -0.4 is 4.74 Å². The molecule has 3 rings (SSSR count). The van der Waals surface area contributed by atoms with Gasteiger partial charge in [-0.2, -0.15) is 0 Å². The SMILES string of the molecule is COc1nccnc1C1(O)CCc2c(F)cccc21. The van der Waals surface area contributed by atoms with E-state index < -0.39 is 5.60 Å². The van der Waals surface area contributed by atoms with Gasteiger partial charge in [0, 0.05) is 12.4 Å². The molecule has 1 atom stereocenters. The van der Waals surface area contributed by atoms with Gasteiger partial charge in [0.2, 0.25) is 5.88 Å². The monoisotopic (exact) mass is 260 g/mol. The minimum atomic E-state index is -1.34. The number of benzene rings is 1. The lowest BCUT2D eigenvalue weighted by atomic mass is 9.92. The van der Waals surface area contributed by atoms with Crippen molar-refractivity contribution in [2.45, 2.75) is 18.4 Å². The van der Waals surface area contributed by atoms with Gasteiger partial charge in [0.05, 0.1) is 7.11 Å². The fourth-order valence-corrected chi connectivity index (χ4v) is 2.65. The van der Waals surface area contributed by atoms with E-state index in [-0.39, 0.29) is 11.7 Å². The number of fused-ring (bicyclic) bond motifs is 1. The van der Waals surface area contributed by atoms with Gasteiger partial charge < -0.3 is 9.84 Å². The molecule has 0 aliphatic heterocycles. The van der Waals surface area contributed by atoms with Crippen LogP contribution in [0.15, 0.2) is 30.6 Å². The molecule has 1 N–H and O–H groups in total. The first kappa shape index (κ1) is 12.0. The van der Waals surface area contributed by atoms with Gasteiger partial charge in [-0.15, -0.1) is 0 Å². The highest BCUT2D eigenvalue weighted by Gasteiger charge is 2.43. The molecular weight excluding hydrogens is 247 g/mol. The van der Waals surface area contributed by atoms with Crippen LogP contribution in [0.25, 0.3) is 0 Å². The van der Waals surface area contributed by atoms with Crippen molar-refractivity contribution in [2.75, 3.05) is 7.11 Å². The van der Waals surface area contributed by atoms with Crippen molar-refractivity contribution in [3.05, 3.63) is 53.2 Å². The highest BCUT2D eigenvalue weighted by Crippen LogP contribution is 2.44. The minimum Gasteiger partial charge on any atom is -0.480 e. The summed E-state index contributed by atoms with van der Waals surface area (Å²) in [5, 5.41) is 10.9. The molecule has 1 aromatic carbocycles. The minimum absolute atomic E-state index is 0.266. The maximum Gasteiger partial charge on any atom is 0.238 e. The van der Waals surface area contributed by atoms with Crippen molar-refractivity contribution in [2.24, 2.45) is 0 Å². The molecule has 98 valence electrons. The Morgan fingerprint density at radius 1 is 1.32 bits per heavy atom. The summed E-state index contributed by atoms with van der Waals surface area (Å²) in [5.74, 6) is -0.0293. The number of methoxy groups -OCH3 is 1. The average Bonchev–Trinajstić information content (AvgIpc) is 2.79. The third-order valence-corrected chi connectivity index (χ3v) is 3.55. The van der Waals surface area contributed by atoms with E-state index in [1.165, 1.54) is 25.6 Å². The largest absolute Gasteiger partial charge is 0.480 e. The van der Waals surface area contributed by atoms with E-state index in [1.54, 1.807) is 12.1 Å². The topological polar surface area (TPSA) is 55.2 Å². The van der Waals surface area contributed by atoms with Crippen molar-refractivity contribution in [1.82, 2.24) is 9.97 Å². The number of aliphatic hydroxyl groups is 1. The Hall–Kier alpha value is -2.01.